The number of aromatic nitrogens is 2. The molecule has 88 valence electrons. The number of rotatable bonds is 2. The topological polar surface area (TPSA) is 83.8 Å². The van der Waals surface area contributed by atoms with Crippen molar-refractivity contribution in [3.05, 3.63) is 52.4 Å². The summed E-state index contributed by atoms with van der Waals surface area (Å²) in [6.07, 6.45) is 3.31. The predicted molar refractivity (Wildman–Crippen MR) is 64.7 cm³/mol. The highest BCUT2D eigenvalue weighted by Gasteiger charge is 2.18. The maximum Gasteiger partial charge on any atom is 0.131 e. The fourth-order valence-corrected chi connectivity index (χ4v) is 1.96. The fourth-order valence-electron chi connectivity index (χ4n) is 1.96. The van der Waals surface area contributed by atoms with Crippen LogP contribution in [-0.2, 0) is 13.2 Å². The van der Waals surface area contributed by atoms with Crippen molar-refractivity contribution in [1.29, 1.82) is 0 Å². The summed E-state index contributed by atoms with van der Waals surface area (Å²) >= 11 is 0. The molecule has 3 rings (SSSR count). The molecule has 0 spiro atoms. The van der Waals surface area contributed by atoms with Crippen LogP contribution >= 0.6 is 0 Å². The highest BCUT2D eigenvalue weighted by Crippen LogP contribution is 2.36. The van der Waals surface area contributed by atoms with Crippen molar-refractivity contribution in [3.8, 4) is 16.9 Å². The number of hydrogen-bond donors (Lipinski definition) is 0. The molecule has 18 heavy (non-hydrogen) atoms. The molecule has 0 atom stereocenters. The third-order valence-corrected chi connectivity index (χ3v) is 2.81. The van der Waals surface area contributed by atoms with Gasteiger partial charge in [-0.3, -0.25) is 0 Å². The summed E-state index contributed by atoms with van der Waals surface area (Å²) < 4.78 is 5.65. The highest BCUT2D eigenvalue weighted by atomic mass is 16.5. The van der Waals surface area contributed by atoms with E-state index in [1.54, 1.807) is 6.20 Å². The van der Waals surface area contributed by atoms with Crippen LogP contribution in [0.1, 0.15) is 11.3 Å². The molecule has 6 nitrogen and oxygen atoms in total. The Hall–Kier alpha value is -2.59. The quantitative estimate of drug-likeness (QED) is 0.459. The number of hydrogen-bond acceptors (Lipinski definition) is 4. The summed E-state index contributed by atoms with van der Waals surface area (Å²) in [5, 5.41) is 3.54. The lowest BCUT2D eigenvalue weighted by molar-refractivity contribution is 0.296. The van der Waals surface area contributed by atoms with E-state index in [1.807, 2.05) is 18.2 Å². The van der Waals surface area contributed by atoms with Gasteiger partial charge in [0.2, 0.25) is 0 Å². The molecule has 1 aliphatic heterocycles. The maximum atomic E-state index is 8.31. The van der Waals surface area contributed by atoms with Crippen molar-refractivity contribution in [2.45, 2.75) is 13.2 Å². The lowest BCUT2D eigenvalue weighted by Crippen LogP contribution is -2.08. The zero-order chi connectivity index (χ0) is 12.4. The number of nitrogens with zero attached hydrogens (tertiary/aromatic N) is 5. The third kappa shape index (κ3) is 1.74. The van der Waals surface area contributed by atoms with Gasteiger partial charge >= 0.3 is 0 Å². The van der Waals surface area contributed by atoms with Crippen LogP contribution in [0.5, 0.6) is 5.75 Å². The first-order valence-electron chi connectivity index (χ1n) is 5.44. The molecular formula is C12H9N5O. The van der Waals surface area contributed by atoms with Crippen LogP contribution in [0.25, 0.3) is 21.6 Å². The van der Waals surface area contributed by atoms with E-state index in [0.717, 1.165) is 28.1 Å². The Labute approximate surface area is 103 Å². The maximum absolute atomic E-state index is 8.31. The molecule has 0 bridgehead atoms. The molecule has 0 unspecified atom stereocenters. The van der Waals surface area contributed by atoms with Crippen molar-refractivity contribution in [2.24, 2.45) is 5.11 Å². The first-order chi connectivity index (χ1) is 8.88. The Bertz CT molecular complexity index is 649. The Balaban J connectivity index is 2.05. The summed E-state index contributed by atoms with van der Waals surface area (Å²) in [4.78, 5) is 11.0. The summed E-state index contributed by atoms with van der Waals surface area (Å²) in [6, 6.07) is 5.75. The molecule has 0 radical (unpaired) electrons. The van der Waals surface area contributed by atoms with Crippen LogP contribution in [0.3, 0.4) is 0 Å². The van der Waals surface area contributed by atoms with E-state index in [9.17, 15) is 0 Å². The van der Waals surface area contributed by atoms with Gasteiger partial charge in [-0.05, 0) is 17.2 Å². The van der Waals surface area contributed by atoms with Crippen molar-refractivity contribution in [1.82, 2.24) is 9.97 Å². The van der Waals surface area contributed by atoms with Gasteiger partial charge in [-0.1, -0.05) is 17.2 Å². The predicted octanol–water partition coefficient (Wildman–Crippen LogP) is 2.85. The third-order valence-electron chi connectivity index (χ3n) is 2.81. The number of azide groups is 1. The monoisotopic (exact) mass is 239 g/mol. The molecule has 0 amide bonds. The first-order valence-corrected chi connectivity index (χ1v) is 5.44. The van der Waals surface area contributed by atoms with Crippen LogP contribution in [0.4, 0.5) is 0 Å². The molecule has 2 heterocycles. The SMILES string of the molecule is [N-]=[N+]=NCc1ccc2c(c1)OCc1ncncc1-2. The Kier molecular flexibility index (Phi) is 2.55. The molecule has 0 saturated heterocycles. The second-order valence-corrected chi connectivity index (χ2v) is 3.89. The van der Waals surface area contributed by atoms with E-state index in [1.165, 1.54) is 6.33 Å². The Morgan fingerprint density at radius 1 is 1.39 bits per heavy atom. The fraction of sp³-hybridized carbons (Fsp3) is 0.167. The van der Waals surface area contributed by atoms with Gasteiger partial charge in [-0.2, -0.15) is 0 Å². The first kappa shape index (κ1) is 10.6. The summed E-state index contributed by atoms with van der Waals surface area (Å²) in [5.74, 6) is 0.780. The Morgan fingerprint density at radius 2 is 2.33 bits per heavy atom. The zero-order valence-electron chi connectivity index (χ0n) is 9.45. The second kappa shape index (κ2) is 4.35. The molecule has 1 aliphatic rings. The second-order valence-electron chi connectivity index (χ2n) is 3.89. The summed E-state index contributed by atoms with van der Waals surface area (Å²) in [7, 11) is 0. The van der Waals surface area contributed by atoms with Crippen LogP contribution in [0.2, 0.25) is 0 Å². The largest absolute Gasteiger partial charge is 0.487 e. The Morgan fingerprint density at radius 3 is 3.22 bits per heavy atom. The van der Waals surface area contributed by atoms with E-state index in [0.29, 0.717) is 13.2 Å². The molecule has 1 aromatic carbocycles. The number of fused-ring (bicyclic) bond motifs is 3. The van der Waals surface area contributed by atoms with E-state index in [-0.39, 0.29) is 0 Å². The highest BCUT2D eigenvalue weighted by molar-refractivity contribution is 5.73. The average Bonchev–Trinajstić information content (AvgIpc) is 2.44. The van der Waals surface area contributed by atoms with Gasteiger partial charge in [0.1, 0.15) is 18.7 Å². The standard InChI is InChI=1S/C12H9N5O/c13-17-16-4-8-1-2-9-10-5-14-7-15-11(10)6-18-12(9)3-8/h1-3,5,7H,4,6H2. The average molecular weight is 239 g/mol. The molecule has 0 N–H and O–H groups in total. The van der Waals surface area contributed by atoms with Gasteiger partial charge in [-0.15, -0.1) is 0 Å². The molecule has 0 saturated carbocycles. The molecule has 0 aliphatic carbocycles. The van der Waals surface area contributed by atoms with E-state index in [2.05, 4.69) is 20.0 Å². The zero-order valence-corrected chi connectivity index (χ0v) is 9.45. The molecule has 6 heteroatoms. The van der Waals surface area contributed by atoms with E-state index in [4.69, 9.17) is 10.3 Å². The minimum absolute atomic E-state index is 0.325. The summed E-state index contributed by atoms with van der Waals surface area (Å²) in [6.45, 7) is 0.765. The van der Waals surface area contributed by atoms with Crippen LogP contribution < -0.4 is 4.74 Å². The van der Waals surface area contributed by atoms with E-state index >= 15 is 0 Å². The number of benzene rings is 1. The molecule has 0 fully saturated rings. The summed E-state index contributed by atoms with van der Waals surface area (Å²) in [5.41, 5.74) is 12.1. The van der Waals surface area contributed by atoms with Crippen molar-refractivity contribution < 1.29 is 4.74 Å². The smallest absolute Gasteiger partial charge is 0.131 e. The van der Waals surface area contributed by atoms with Gasteiger partial charge in [0.15, 0.2) is 0 Å². The van der Waals surface area contributed by atoms with Crippen molar-refractivity contribution in [3.63, 3.8) is 0 Å². The van der Waals surface area contributed by atoms with Crippen molar-refractivity contribution in [2.75, 3.05) is 0 Å². The lowest BCUT2D eigenvalue weighted by atomic mass is 10.0. The van der Waals surface area contributed by atoms with Gasteiger partial charge in [0.05, 0.1) is 12.2 Å². The van der Waals surface area contributed by atoms with Gasteiger partial charge < -0.3 is 4.74 Å². The van der Waals surface area contributed by atoms with Crippen LogP contribution in [0, 0.1) is 0 Å². The lowest BCUT2D eigenvalue weighted by Gasteiger charge is -2.19. The molecule has 2 aromatic rings. The number of ether oxygens (including phenoxy) is 1. The van der Waals surface area contributed by atoms with E-state index < -0.39 is 0 Å². The van der Waals surface area contributed by atoms with Gasteiger partial charge in [-0.25, -0.2) is 9.97 Å². The van der Waals surface area contributed by atoms with Crippen LogP contribution in [0.15, 0.2) is 35.8 Å². The molecular weight excluding hydrogens is 230 g/mol. The minimum Gasteiger partial charge on any atom is -0.487 e. The normalized spacial score (nSPS) is 11.8. The van der Waals surface area contributed by atoms with Crippen LogP contribution in [-0.4, -0.2) is 9.97 Å². The van der Waals surface area contributed by atoms with Gasteiger partial charge in [0.25, 0.3) is 0 Å². The van der Waals surface area contributed by atoms with Gasteiger partial charge in [0, 0.05) is 22.2 Å². The van der Waals surface area contributed by atoms with Crippen molar-refractivity contribution >= 4 is 0 Å². The minimum atomic E-state index is 0.325. The molecule has 1 aromatic heterocycles.